The Morgan fingerprint density at radius 3 is 2.10 bits per heavy atom. The van der Waals surface area contributed by atoms with Crippen LogP contribution in [0.2, 0.25) is 0 Å². The van der Waals surface area contributed by atoms with E-state index in [0.717, 1.165) is 29.7 Å². The molecule has 2 aromatic carbocycles. The van der Waals surface area contributed by atoms with Gasteiger partial charge in [-0.3, -0.25) is 4.57 Å². The summed E-state index contributed by atoms with van der Waals surface area (Å²) in [6.07, 6.45) is 10.4. The van der Waals surface area contributed by atoms with E-state index >= 15 is 0 Å². The molecule has 1 aromatic heterocycles. The number of fused-ring (bicyclic) bond motifs is 2. The number of anilines is 1. The number of hydrogen-bond acceptors (Lipinski definition) is 3. The smallest absolute Gasteiger partial charge is 0.209 e. The number of likely N-dealkylation sites (N-methyl/N-ethyl adjacent to an activating group) is 1. The summed E-state index contributed by atoms with van der Waals surface area (Å²) < 4.78 is 3.83. The van der Waals surface area contributed by atoms with E-state index in [2.05, 4.69) is 124 Å². The second-order valence-corrected chi connectivity index (χ2v) is 12.1. The molecule has 0 unspecified atom stereocenters. The lowest BCUT2D eigenvalue weighted by molar-refractivity contribution is -0.401. The van der Waals surface area contributed by atoms with Gasteiger partial charge in [-0.05, 0) is 55.5 Å². The van der Waals surface area contributed by atoms with E-state index in [-0.39, 0.29) is 22.6 Å². The highest BCUT2D eigenvalue weighted by Crippen LogP contribution is 2.47. The largest absolute Gasteiger partial charge is 0.494 e. The molecule has 40 heavy (non-hydrogen) atoms. The molecule has 3 aromatic rings. The van der Waals surface area contributed by atoms with Gasteiger partial charge in [-0.25, -0.2) is 0 Å². The molecule has 5 heteroatoms. The minimum atomic E-state index is -0.129. The molecule has 3 aliphatic rings. The van der Waals surface area contributed by atoms with Gasteiger partial charge in [0.2, 0.25) is 5.69 Å². The maximum atomic E-state index is 10.8. The van der Waals surface area contributed by atoms with Crippen molar-refractivity contribution in [2.24, 2.45) is 0 Å². The van der Waals surface area contributed by atoms with Crippen molar-refractivity contribution in [3.63, 3.8) is 0 Å². The average Bonchev–Trinajstić information content (AvgIpc) is 3.58. The first-order valence-corrected chi connectivity index (χ1v) is 14.0. The third-order valence-corrected chi connectivity index (χ3v) is 9.10. The van der Waals surface area contributed by atoms with Crippen LogP contribution in [0.1, 0.15) is 51.7 Å². The van der Waals surface area contributed by atoms with Crippen LogP contribution in [0.5, 0.6) is 11.8 Å². The van der Waals surface area contributed by atoms with Gasteiger partial charge in [0.25, 0.3) is 0 Å². The van der Waals surface area contributed by atoms with Gasteiger partial charge in [0.15, 0.2) is 17.5 Å². The number of rotatable bonds is 4. The van der Waals surface area contributed by atoms with Crippen LogP contribution in [-0.2, 0) is 10.8 Å². The van der Waals surface area contributed by atoms with Crippen molar-refractivity contribution >= 4 is 22.8 Å². The lowest BCUT2D eigenvalue weighted by Crippen LogP contribution is -2.26. The maximum absolute atomic E-state index is 10.8. The molecule has 0 saturated carbocycles. The molecule has 2 N–H and O–H groups in total. The van der Waals surface area contributed by atoms with Gasteiger partial charge in [-0.15, -0.1) is 0 Å². The van der Waals surface area contributed by atoms with Gasteiger partial charge >= 0.3 is 0 Å². The second kappa shape index (κ2) is 9.16. The van der Waals surface area contributed by atoms with E-state index in [9.17, 15) is 10.2 Å². The topological polar surface area (TPSA) is 51.6 Å². The zero-order chi connectivity index (χ0) is 28.4. The molecular weight excluding hydrogens is 494 g/mol. The molecule has 0 radical (unpaired) electrons. The van der Waals surface area contributed by atoms with E-state index in [1.54, 1.807) is 16.7 Å². The Bertz CT molecular complexity index is 1670. The Morgan fingerprint density at radius 2 is 1.43 bits per heavy atom. The standard InChI is InChI=1S/C35H37N3O2/c1-34(2)25-11-7-9-13-27(25)36(5)29(34)19-17-23-15-16-24(33(23)38-31(39)21-22-32(38)40)18-20-30-35(3,4)26-12-8-10-14-28(26)37(30)6/h7-14,17-22H,15-16H2,1-6H3,(H-,39,40)/p+1. The lowest BCUT2D eigenvalue weighted by atomic mass is 9.81. The number of aromatic nitrogens is 1. The fraction of sp³-hybridized carbons (Fsp3) is 0.286. The first kappa shape index (κ1) is 26.0. The van der Waals surface area contributed by atoms with Crippen molar-refractivity contribution in [3.05, 3.63) is 113 Å². The molecule has 0 amide bonds. The maximum Gasteiger partial charge on any atom is 0.209 e. The number of nitrogens with zero attached hydrogens (tertiary/aromatic N) is 3. The first-order valence-electron chi connectivity index (χ1n) is 14.0. The molecule has 0 bridgehead atoms. The zero-order valence-corrected chi connectivity index (χ0v) is 24.2. The molecule has 1 aliphatic carbocycles. The highest BCUT2D eigenvalue weighted by molar-refractivity contribution is 6.03. The fourth-order valence-corrected chi connectivity index (χ4v) is 6.93. The Hall–Kier alpha value is -4.25. The number of hydrogen-bond donors (Lipinski definition) is 2. The van der Waals surface area contributed by atoms with Gasteiger partial charge in [-0.1, -0.05) is 62.4 Å². The SMILES string of the molecule is CN1C(=CC=C2CCC(C=CC3=[N+](C)c4ccccc4C3(C)C)=C2n2c(O)ccc2O)C(C)(C)c2ccccc21. The van der Waals surface area contributed by atoms with E-state index < -0.39 is 0 Å². The Balaban J connectivity index is 1.44. The molecule has 6 rings (SSSR count). The van der Waals surface area contributed by atoms with Crippen LogP contribution in [0.3, 0.4) is 0 Å². The third-order valence-electron chi connectivity index (χ3n) is 9.10. The van der Waals surface area contributed by atoms with Crippen molar-refractivity contribution in [1.29, 1.82) is 0 Å². The molecule has 204 valence electrons. The highest BCUT2D eigenvalue weighted by Gasteiger charge is 2.43. The number of allylic oxidation sites excluding steroid dienone is 8. The Morgan fingerprint density at radius 1 is 0.775 bits per heavy atom. The van der Waals surface area contributed by atoms with Crippen LogP contribution >= 0.6 is 0 Å². The summed E-state index contributed by atoms with van der Waals surface area (Å²) in [5.41, 5.74) is 10.3. The predicted molar refractivity (Wildman–Crippen MR) is 164 cm³/mol. The van der Waals surface area contributed by atoms with Crippen LogP contribution in [0, 0.1) is 0 Å². The minimum absolute atomic E-state index is 0.0305. The van der Waals surface area contributed by atoms with Crippen LogP contribution in [-0.4, -0.2) is 39.2 Å². The van der Waals surface area contributed by atoms with Gasteiger partial charge in [0.05, 0.1) is 11.1 Å². The van der Waals surface area contributed by atoms with Gasteiger partial charge in [0.1, 0.15) is 7.05 Å². The Kier molecular flexibility index (Phi) is 5.95. The summed E-state index contributed by atoms with van der Waals surface area (Å²) in [4.78, 5) is 2.27. The van der Waals surface area contributed by atoms with E-state index in [1.165, 1.54) is 33.9 Å². The van der Waals surface area contributed by atoms with Crippen molar-refractivity contribution < 1.29 is 14.8 Å². The van der Waals surface area contributed by atoms with Crippen LogP contribution in [0.4, 0.5) is 11.4 Å². The monoisotopic (exact) mass is 532 g/mol. The van der Waals surface area contributed by atoms with Crippen molar-refractivity contribution in [3.8, 4) is 11.8 Å². The predicted octanol–water partition coefficient (Wildman–Crippen LogP) is 7.40. The van der Waals surface area contributed by atoms with E-state index in [4.69, 9.17) is 0 Å². The number of benzene rings is 2. The molecule has 0 atom stereocenters. The van der Waals surface area contributed by atoms with Crippen molar-refractivity contribution in [2.75, 3.05) is 19.0 Å². The van der Waals surface area contributed by atoms with Crippen LogP contribution in [0.15, 0.2) is 102 Å². The van der Waals surface area contributed by atoms with Crippen molar-refractivity contribution in [2.45, 2.75) is 51.4 Å². The van der Waals surface area contributed by atoms with Gasteiger partial charge < -0.3 is 15.1 Å². The molecular formula is C35H38N3O2+. The zero-order valence-electron chi connectivity index (χ0n) is 24.2. The third kappa shape index (κ3) is 3.79. The summed E-state index contributed by atoms with van der Waals surface area (Å²) >= 11 is 0. The summed E-state index contributed by atoms with van der Waals surface area (Å²) in [7, 11) is 4.24. The lowest BCUT2D eigenvalue weighted by Gasteiger charge is -2.24. The molecule has 2 aliphatic heterocycles. The molecule has 0 spiro atoms. The fourth-order valence-electron chi connectivity index (χ4n) is 6.93. The summed E-state index contributed by atoms with van der Waals surface area (Å²) in [6, 6.07) is 20.2. The van der Waals surface area contributed by atoms with Gasteiger partial charge in [-0.2, -0.15) is 4.58 Å². The Labute approximate surface area is 237 Å². The molecule has 3 heterocycles. The van der Waals surface area contributed by atoms with Crippen LogP contribution in [0.25, 0.3) is 5.70 Å². The molecule has 0 saturated heterocycles. The summed E-state index contributed by atoms with van der Waals surface area (Å²) in [6.45, 7) is 9.05. The quantitative estimate of drug-likeness (QED) is 0.344. The molecule has 5 nitrogen and oxygen atoms in total. The average molecular weight is 533 g/mol. The second-order valence-electron chi connectivity index (χ2n) is 12.1. The van der Waals surface area contributed by atoms with Gasteiger partial charge in [0, 0.05) is 53.7 Å². The van der Waals surface area contributed by atoms with Crippen LogP contribution < -0.4 is 4.90 Å². The normalized spacial score (nSPS) is 21.4. The number of aromatic hydroxyl groups is 2. The number of para-hydroxylation sites is 2. The first-order chi connectivity index (χ1) is 19.0. The van der Waals surface area contributed by atoms with E-state index in [1.807, 2.05) is 0 Å². The van der Waals surface area contributed by atoms with Crippen molar-refractivity contribution in [1.82, 2.24) is 4.57 Å². The molecule has 0 fully saturated rings. The minimum Gasteiger partial charge on any atom is -0.494 e. The summed E-state index contributed by atoms with van der Waals surface area (Å²) in [5.74, 6) is 0.0610. The highest BCUT2D eigenvalue weighted by atomic mass is 16.3. The summed E-state index contributed by atoms with van der Waals surface area (Å²) in [5, 5.41) is 21.5. The van der Waals surface area contributed by atoms with E-state index in [0.29, 0.717) is 0 Å².